The van der Waals surface area contributed by atoms with Gasteiger partial charge in [0.25, 0.3) is 5.91 Å². The van der Waals surface area contributed by atoms with Gasteiger partial charge in [-0.3, -0.25) is 9.59 Å². The molecule has 0 heterocycles. The highest BCUT2D eigenvalue weighted by Crippen LogP contribution is 2.43. The monoisotopic (exact) mass is 373 g/mol. The summed E-state index contributed by atoms with van der Waals surface area (Å²) in [5.74, 6) is -1.98. The number of hydrogen-bond donors (Lipinski definition) is 1. The normalized spacial score (nSPS) is 16.6. The van der Waals surface area contributed by atoms with Gasteiger partial charge in [-0.25, -0.2) is 8.78 Å². The number of nitrogens with one attached hydrogen (secondary N) is 1. The van der Waals surface area contributed by atoms with Crippen molar-refractivity contribution >= 4 is 17.6 Å². The Balaban J connectivity index is 1.73. The molecule has 3 rings (SSSR count). The van der Waals surface area contributed by atoms with Gasteiger partial charge in [-0.05, 0) is 50.1 Å². The number of esters is 1. The van der Waals surface area contributed by atoms with Crippen LogP contribution in [0.2, 0.25) is 0 Å². The molecule has 1 fully saturated rings. The molecule has 0 bridgehead atoms. The molecule has 2 aromatic carbocycles. The van der Waals surface area contributed by atoms with Crippen LogP contribution in [0.3, 0.4) is 0 Å². The smallest absolute Gasteiger partial charge is 0.317 e. The van der Waals surface area contributed by atoms with E-state index in [1.807, 2.05) is 0 Å². The summed E-state index contributed by atoms with van der Waals surface area (Å²) in [6.45, 7) is 1.46. The van der Waals surface area contributed by atoms with Gasteiger partial charge in [-0.15, -0.1) is 0 Å². The number of hydrogen-bond acceptors (Lipinski definition) is 3. The van der Waals surface area contributed by atoms with Crippen LogP contribution in [0.1, 0.15) is 38.2 Å². The van der Waals surface area contributed by atoms with Crippen molar-refractivity contribution in [3.63, 3.8) is 0 Å². The van der Waals surface area contributed by atoms with Crippen molar-refractivity contribution < 1.29 is 23.1 Å². The standard InChI is InChI=1S/C21H21F2NO3/c1-14(19(25)24-16-10-8-15(22)9-11-16)27-20(26)21(12-4-5-13-21)17-6-2-3-7-18(17)23/h2-3,6-11,14H,4-5,12-13H2,1H3,(H,24,25)/t14-/m1/s1. The van der Waals surface area contributed by atoms with Crippen LogP contribution < -0.4 is 5.32 Å². The number of anilines is 1. The maximum atomic E-state index is 14.3. The van der Waals surface area contributed by atoms with Crippen LogP contribution in [0.25, 0.3) is 0 Å². The fourth-order valence-electron chi connectivity index (χ4n) is 3.52. The minimum Gasteiger partial charge on any atom is -0.452 e. The van der Waals surface area contributed by atoms with E-state index in [2.05, 4.69) is 5.32 Å². The van der Waals surface area contributed by atoms with E-state index in [0.29, 0.717) is 24.1 Å². The van der Waals surface area contributed by atoms with E-state index in [1.165, 1.54) is 37.3 Å². The van der Waals surface area contributed by atoms with E-state index in [1.54, 1.807) is 18.2 Å². The molecule has 27 heavy (non-hydrogen) atoms. The largest absolute Gasteiger partial charge is 0.452 e. The molecule has 0 unspecified atom stereocenters. The predicted molar refractivity (Wildman–Crippen MR) is 97.1 cm³/mol. The molecule has 0 aliphatic heterocycles. The van der Waals surface area contributed by atoms with Crippen LogP contribution in [0.15, 0.2) is 48.5 Å². The highest BCUT2D eigenvalue weighted by atomic mass is 19.1. The SMILES string of the molecule is C[C@@H](OC(=O)C1(c2ccccc2F)CCCC1)C(=O)Nc1ccc(F)cc1. The molecule has 1 aliphatic carbocycles. The maximum Gasteiger partial charge on any atom is 0.317 e. The predicted octanol–water partition coefficient (Wildman–Crippen LogP) is 4.35. The van der Waals surface area contributed by atoms with Crippen LogP contribution in [-0.4, -0.2) is 18.0 Å². The molecule has 1 amide bonds. The van der Waals surface area contributed by atoms with Gasteiger partial charge in [0, 0.05) is 11.3 Å². The van der Waals surface area contributed by atoms with Crippen molar-refractivity contribution in [2.24, 2.45) is 0 Å². The molecule has 0 saturated heterocycles. The quantitative estimate of drug-likeness (QED) is 0.793. The molecule has 0 spiro atoms. The first-order valence-electron chi connectivity index (χ1n) is 8.95. The second-order valence-corrected chi connectivity index (χ2v) is 6.81. The van der Waals surface area contributed by atoms with Crippen molar-refractivity contribution in [1.29, 1.82) is 0 Å². The van der Waals surface area contributed by atoms with Gasteiger partial charge in [0.1, 0.15) is 11.6 Å². The minimum atomic E-state index is -1.06. The number of carbonyl (C=O) groups excluding carboxylic acids is 2. The lowest BCUT2D eigenvalue weighted by atomic mass is 9.78. The zero-order valence-corrected chi connectivity index (χ0v) is 15.0. The highest BCUT2D eigenvalue weighted by Gasteiger charge is 2.46. The number of rotatable bonds is 5. The summed E-state index contributed by atoms with van der Waals surface area (Å²) in [6, 6.07) is 11.5. The van der Waals surface area contributed by atoms with E-state index in [4.69, 9.17) is 4.74 Å². The Kier molecular flexibility index (Phi) is 5.54. The van der Waals surface area contributed by atoms with Gasteiger partial charge >= 0.3 is 5.97 Å². The van der Waals surface area contributed by atoms with Crippen LogP contribution in [0.4, 0.5) is 14.5 Å². The fraction of sp³-hybridized carbons (Fsp3) is 0.333. The lowest BCUT2D eigenvalue weighted by Gasteiger charge is -2.29. The zero-order valence-electron chi connectivity index (χ0n) is 15.0. The van der Waals surface area contributed by atoms with Crippen molar-refractivity contribution in [2.45, 2.75) is 44.1 Å². The summed E-state index contributed by atoms with van der Waals surface area (Å²) in [7, 11) is 0. The molecule has 1 atom stereocenters. The topological polar surface area (TPSA) is 55.4 Å². The maximum absolute atomic E-state index is 14.3. The average molecular weight is 373 g/mol. The van der Waals surface area contributed by atoms with E-state index in [9.17, 15) is 18.4 Å². The number of benzene rings is 2. The summed E-state index contributed by atoms with van der Waals surface area (Å²) in [4.78, 5) is 25.2. The third kappa shape index (κ3) is 3.99. The van der Waals surface area contributed by atoms with Crippen molar-refractivity contribution in [2.75, 3.05) is 5.32 Å². The second-order valence-electron chi connectivity index (χ2n) is 6.81. The van der Waals surface area contributed by atoms with Crippen molar-refractivity contribution in [3.05, 3.63) is 65.7 Å². The summed E-state index contributed by atoms with van der Waals surface area (Å²) in [5, 5.41) is 2.57. The number of amides is 1. The van der Waals surface area contributed by atoms with Gasteiger partial charge in [0.05, 0.1) is 5.41 Å². The molecular formula is C21H21F2NO3. The molecule has 1 saturated carbocycles. The summed E-state index contributed by atoms with van der Waals surface area (Å²) in [5.41, 5.74) is -0.344. The molecule has 1 N–H and O–H groups in total. The van der Waals surface area contributed by atoms with Gasteiger partial charge < -0.3 is 10.1 Å². The van der Waals surface area contributed by atoms with E-state index < -0.39 is 35.0 Å². The van der Waals surface area contributed by atoms with Gasteiger partial charge in [-0.2, -0.15) is 0 Å². The van der Waals surface area contributed by atoms with Crippen LogP contribution in [0.5, 0.6) is 0 Å². The molecule has 4 nitrogen and oxygen atoms in total. The first-order chi connectivity index (χ1) is 12.9. The summed E-state index contributed by atoms with van der Waals surface area (Å²) < 4.78 is 32.7. The number of carbonyl (C=O) groups is 2. The first kappa shape index (κ1) is 19.0. The Morgan fingerprint density at radius 1 is 1.04 bits per heavy atom. The van der Waals surface area contributed by atoms with E-state index >= 15 is 0 Å². The van der Waals surface area contributed by atoms with Gasteiger partial charge in [0.15, 0.2) is 6.10 Å². The van der Waals surface area contributed by atoms with Crippen LogP contribution in [0, 0.1) is 11.6 Å². The van der Waals surface area contributed by atoms with E-state index in [-0.39, 0.29) is 0 Å². The molecule has 0 radical (unpaired) electrons. The molecule has 1 aliphatic rings. The third-order valence-electron chi connectivity index (χ3n) is 5.00. The number of halogens is 2. The first-order valence-corrected chi connectivity index (χ1v) is 8.95. The van der Waals surface area contributed by atoms with Crippen molar-refractivity contribution in [1.82, 2.24) is 0 Å². The van der Waals surface area contributed by atoms with Gasteiger partial charge in [0.2, 0.25) is 0 Å². The fourth-order valence-corrected chi connectivity index (χ4v) is 3.52. The lowest BCUT2D eigenvalue weighted by Crippen LogP contribution is -2.40. The lowest BCUT2D eigenvalue weighted by molar-refractivity contribution is -0.159. The Hall–Kier alpha value is -2.76. The minimum absolute atomic E-state index is 0.318. The van der Waals surface area contributed by atoms with Gasteiger partial charge in [-0.1, -0.05) is 31.0 Å². The van der Waals surface area contributed by atoms with Crippen LogP contribution in [-0.2, 0) is 19.7 Å². The molecule has 0 aromatic heterocycles. The van der Waals surface area contributed by atoms with Crippen LogP contribution >= 0.6 is 0 Å². The summed E-state index contributed by atoms with van der Waals surface area (Å²) in [6.07, 6.45) is 1.49. The molecule has 6 heteroatoms. The molecule has 142 valence electrons. The van der Waals surface area contributed by atoms with Crippen molar-refractivity contribution in [3.8, 4) is 0 Å². The highest BCUT2D eigenvalue weighted by molar-refractivity contribution is 5.96. The Morgan fingerprint density at radius 2 is 1.67 bits per heavy atom. The summed E-state index contributed by atoms with van der Waals surface area (Å²) >= 11 is 0. The zero-order chi connectivity index (χ0) is 19.4. The van der Waals surface area contributed by atoms with E-state index in [0.717, 1.165) is 12.8 Å². The molecule has 2 aromatic rings. The third-order valence-corrected chi connectivity index (χ3v) is 5.00. The average Bonchev–Trinajstić information content (AvgIpc) is 3.15. The Labute approximate surface area is 156 Å². The Morgan fingerprint density at radius 3 is 2.30 bits per heavy atom. The number of ether oxygens (including phenoxy) is 1. The second kappa shape index (κ2) is 7.86. The Bertz CT molecular complexity index is 830. The molecular weight excluding hydrogens is 352 g/mol.